The summed E-state index contributed by atoms with van der Waals surface area (Å²) in [7, 11) is -2.87. The van der Waals surface area contributed by atoms with Crippen LogP contribution in [0.25, 0.3) is 0 Å². The molecule has 0 N–H and O–H groups in total. The summed E-state index contributed by atoms with van der Waals surface area (Å²) in [6.45, 7) is 5.47. The maximum atomic E-state index is 13.0. The number of nitrogens with zero attached hydrogens (tertiary/aromatic N) is 4. The van der Waals surface area contributed by atoms with E-state index in [0.29, 0.717) is 15.9 Å². The van der Waals surface area contributed by atoms with E-state index in [1.807, 2.05) is 20.8 Å². The van der Waals surface area contributed by atoms with Crippen LogP contribution in [0.5, 0.6) is 0 Å². The topological polar surface area (TPSA) is 90.9 Å². The lowest BCUT2D eigenvalue weighted by atomic mass is 9.90. The minimum absolute atomic E-state index is 0.319. The number of hydrogen-bond donors (Lipinski definition) is 0. The van der Waals surface area contributed by atoms with Crippen molar-refractivity contribution in [3.05, 3.63) is 28.9 Å². The second kappa shape index (κ2) is 5.87. The Morgan fingerprint density at radius 2 is 1.83 bits per heavy atom. The first-order valence-corrected chi connectivity index (χ1v) is 8.73. The Hall–Kier alpha value is -1.91. The third-order valence-corrected chi connectivity index (χ3v) is 4.71. The van der Waals surface area contributed by atoms with Crippen molar-refractivity contribution < 1.29 is 26.1 Å². The summed E-state index contributed by atoms with van der Waals surface area (Å²) in [5.74, 6) is -1.36. The minimum atomic E-state index is -4.74. The Morgan fingerprint density at radius 1 is 1.21 bits per heavy atom. The SMILES string of the molecule is Cn1nnc(CS(=O)(=O)Cc2conc2C(C)(C)C)c1C(F)(F)F. The molecule has 0 spiro atoms. The van der Waals surface area contributed by atoms with Crippen molar-refractivity contribution >= 4 is 9.84 Å². The van der Waals surface area contributed by atoms with Crippen LogP contribution in [0.15, 0.2) is 10.8 Å². The molecule has 0 radical (unpaired) electrons. The van der Waals surface area contributed by atoms with Crippen LogP contribution in [-0.2, 0) is 40.0 Å². The molecule has 24 heavy (non-hydrogen) atoms. The van der Waals surface area contributed by atoms with Crippen LogP contribution in [0.1, 0.15) is 43.4 Å². The maximum Gasteiger partial charge on any atom is 0.434 e. The van der Waals surface area contributed by atoms with E-state index in [1.54, 1.807) is 0 Å². The highest BCUT2D eigenvalue weighted by Crippen LogP contribution is 2.32. The number of sulfone groups is 1. The molecule has 0 bridgehead atoms. The van der Waals surface area contributed by atoms with Crippen LogP contribution in [-0.4, -0.2) is 28.6 Å². The molecule has 0 aliphatic heterocycles. The van der Waals surface area contributed by atoms with Gasteiger partial charge in [0.25, 0.3) is 0 Å². The third-order valence-electron chi connectivity index (χ3n) is 3.25. The fourth-order valence-corrected chi connectivity index (χ4v) is 3.71. The van der Waals surface area contributed by atoms with Crippen LogP contribution in [0.3, 0.4) is 0 Å². The largest absolute Gasteiger partial charge is 0.434 e. The Labute approximate surface area is 136 Å². The van der Waals surface area contributed by atoms with Gasteiger partial charge in [0.1, 0.15) is 12.0 Å². The zero-order valence-electron chi connectivity index (χ0n) is 13.5. The summed E-state index contributed by atoms with van der Waals surface area (Å²) < 4.78 is 69.0. The summed E-state index contributed by atoms with van der Waals surface area (Å²) in [6, 6.07) is 0. The van der Waals surface area contributed by atoms with E-state index in [1.165, 1.54) is 6.26 Å². The lowest BCUT2D eigenvalue weighted by Crippen LogP contribution is -2.19. The van der Waals surface area contributed by atoms with E-state index in [-0.39, 0.29) is 0 Å². The molecule has 2 heterocycles. The highest BCUT2D eigenvalue weighted by Gasteiger charge is 2.39. The van der Waals surface area contributed by atoms with Crippen molar-refractivity contribution in [3.8, 4) is 0 Å². The highest BCUT2D eigenvalue weighted by atomic mass is 32.2. The molecule has 0 aliphatic rings. The van der Waals surface area contributed by atoms with Crippen molar-refractivity contribution in [1.82, 2.24) is 20.2 Å². The lowest BCUT2D eigenvalue weighted by Gasteiger charge is -2.16. The summed E-state index contributed by atoms with van der Waals surface area (Å²) in [5, 5.41) is 10.4. The normalized spacial score (nSPS) is 13.5. The standard InChI is InChI=1S/C13H17F3N4O3S/c1-12(2,3)10-8(5-23-18-10)6-24(21,22)7-9-11(13(14,15)16)20(4)19-17-9/h5H,6-7H2,1-4H3. The van der Waals surface area contributed by atoms with Crippen LogP contribution >= 0.6 is 0 Å². The smallest absolute Gasteiger partial charge is 0.364 e. The summed E-state index contributed by atoms with van der Waals surface area (Å²) in [4.78, 5) is 0. The predicted octanol–water partition coefficient (Wildman–Crippen LogP) is 2.23. The van der Waals surface area contributed by atoms with E-state index in [4.69, 9.17) is 4.52 Å². The van der Waals surface area contributed by atoms with Gasteiger partial charge in [-0.25, -0.2) is 13.1 Å². The van der Waals surface area contributed by atoms with Crippen LogP contribution < -0.4 is 0 Å². The number of hydrogen-bond acceptors (Lipinski definition) is 6. The van der Waals surface area contributed by atoms with Crippen molar-refractivity contribution in [1.29, 1.82) is 0 Å². The Balaban J connectivity index is 2.30. The number of aromatic nitrogens is 4. The van der Waals surface area contributed by atoms with Gasteiger partial charge < -0.3 is 4.52 Å². The van der Waals surface area contributed by atoms with Gasteiger partial charge >= 0.3 is 6.18 Å². The molecule has 0 aromatic carbocycles. The number of alkyl halides is 3. The van der Waals surface area contributed by atoms with Crippen LogP contribution in [0, 0.1) is 0 Å². The van der Waals surface area contributed by atoms with Crippen molar-refractivity contribution in [2.24, 2.45) is 7.05 Å². The molecule has 0 saturated carbocycles. The molecule has 0 unspecified atom stereocenters. The van der Waals surface area contributed by atoms with E-state index >= 15 is 0 Å². The third kappa shape index (κ3) is 3.94. The first-order chi connectivity index (χ1) is 10.8. The second-order valence-corrected chi connectivity index (χ2v) is 8.54. The molecular weight excluding hydrogens is 349 g/mol. The van der Waals surface area contributed by atoms with Gasteiger partial charge in [-0.2, -0.15) is 13.2 Å². The van der Waals surface area contributed by atoms with Gasteiger partial charge in [-0.3, -0.25) is 0 Å². The highest BCUT2D eigenvalue weighted by molar-refractivity contribution is 7.89. The molecule has 2 aromatic heterocycles. The van der Waals surface area contributed by atoms with Crippen LogP contribution in [0.2, 0.25) is 0 Å². The maximum absolute atomic E-state index is 13.0. The Bertz CT molecular complexity index is 831. The van der Waals surface area contributed by atoms with Gasteiger partial charge in [0, 0.05) is 18.0 Å². The summed E-state index contributed by atoms with van der Waals surface area (Å²) >= 11 is 0. The first-order valence-electron chi connectivity index (χ1n) is 6.91. The van der Waals surface area contributed by atoms with Gasteiger partial charge in [-0.05, 0) is 0 Å². The quantitative estimate of drug-likeness (QED) is 0.824. The van der Waals surface area contributed by atoms with Crippen molar-refractivity contribution in [2.45, 2.75) is 43.9 Å². The molecule has 0 atom stereocenters. The molecule has 0 saturated heterocycles. The molecule has 0 amide bonds. The zero-order chi connectivity index (χ0) is 18.3. The van der Waals surface area contributed by atoms with E-state index in [2.05, 4.69) is 15.5 Å². The number of halogens is 3. The number of rotatable bonds is 4. The monoisotopic (exact) mass is 366 g/mol. The molecule has 134 valence electrons. The van der Waals surface area contributed by atoms with Crippen LogP contribution in [0.4, 0.5) is 13.2 Å². The Kier molecular flexibility index (Phi) is 4.51. The first kappa shape index (κ1) is 18.4. The molecule has 2 rings (SSSR count). The Morgan fingerprint density at radius 3 is 2.38 bits per heavy atom. The summed E-state index contributed by atoms with van der Waals surface area (Å²) in [6.07, 6.45) is -3.55. The molecular formula is C13H17F3N4O3S. The average Bonchev–Trinajstić information content (AvgIpc) is 2.93. The van der Waals surface area contributed by atoms with E-state index < -0.39 is 44.3 Å². The number of aryl methyl sites for hydroxylation is 1. The van der Waals surface area contributed by atoms with Gasteiger partial charge in [-0.1, -0.05) is 31.1 Å². The fraction of sp³-hybridized carbons (Fsp3) is 0.615. The minimum Gasteiger partial charge on any atom is -0.364 e. The van der Waals surface area contributed by atoms with Gasteiger partial charge in [-0.15, -0.1) is 5.10 Å². The second-order valence-electron chi connectivity index (χ2n) is 6.48. The zero-order valence-corrected chi connectivity index (χ0v) is 14.4. The average molecular weight is 366 g/mol. The molecule has 0 aliphatic carbocycles. The molecule has 0 fully saturated rings. The molecule has 11 heteroatoms. The van der Waals surface area contributed by atoms with E-state index in [9.17, 15) is 21.6 Å². The lowest BCUT2D eigenvalue weighted by molar-refractivity contribution is -0.144. The molecule has 7 nitrogen and oxygen atoms in total. The molecule has 2 aromatic rings. The van der Waals surface area contributed by atoms with E-state index in [0.717, 1.165) is 7.05 Å². The summed E-state index contributed by atoms with van der Waals surface area (Å²) in [5.41, 5.74) is -1.49. The predicted molar refractivity (Wildman–Crippen MR) is 77.5 cm³/mol. The van der Waals surface area contributed by atoms with Crippen molar-refractivity contribution in [2.75, 3.05) is 0 Å². The van der Waals surface area contributed by atoms with Gasteiger partial charge in [0.15, 0.2) is 15.5 Å². The fourth-order valence-electron chi connectivity index (χ4n) is 2.32. The van der Waals surface area contributed by atoms with Gasteiger partial charge in [0.05, 0.1) is 17.2 Å². The van der Waals surface area contributed by atoms with Crippen molar-refractivity contribution in [3.63, 3.8) is 0 Å². The van der Waals surface area contributed by atoms with Gasteiger partial charge in [0.2, 0.25) is 0 Å².